The van der Waals surface area contributed by atoms with Gasteiger partial charge in [0.25, 0.3) is 0 Å². The standard InChI is InChI=1S/C28H35N3OS/c1-20(2)28(32)31(15-23-6-5-12-29-14-23)17-25-16-30(19-27-22(4)11-13-33-27)18-26(25)24-9-7-21(3)8-10-24/h5-14,20,25-26H,15-19H2,1-4H3/t25-,26-/m1/s1. The minimum Gasteiger partial charge on any atom is -0.338 e. The third-order valence-electron chi connectivity index (χ3n) is 6.71. The van der Waals surface area contributed by atoms with Crippen LogP contribution < -0.4 is 0 Å². The lowest BCUT2D eigenvalue weighted by atomic mass is 9.88. The molecular formula is C28H35N3OS. The van der Waals surface area contributed by atoms with Gasteiger partial charge < -0.3 is 4.90 Å². The Bertz CT molecular complexity index is 1040. The van der Waals surface area contributed by atoms with Crippen LogP contribution >= 0.6 is 11.3 Å². The van der Waals surface area contributed by atoms with Crippen LogP contribution in [0.25, 0.3) is 0 Å². The molecule has 4 rings (SSSR count). The highest BCUT2D eigenvalue weighted by Gasteiger charge is 2.36. The van der Waals surface area contributed by atoms with E-state index in [1.54, 1.807) is 6.20 Å². The number of nitrogens with zero attached hydrogens (tertiary/aromatic N) is 3. The summed E-state index contributed by atoms with van der Waals surface area (Å²) in [7, 11) is 0. The van der Waals surface area contributed by atoms with Crippen LogP contribution in [-0.2, 0) is 17.9 Å². The number of carbonyl (C=O) groups excluding carboxylic acids is 1. The smallest absolute Gasteiger partial charge is 0.225 e. The topological polar surface area (TPSA) is 36.4 Å². The number of hydrogen-bond acceptors (Lipinski definition) is 4. The molecule has 174 valence electrons. The summed E-state index contributed by atoms with van der Waals surface area (Å²) in [4.78, 5) is 23.6. The quantitative estimate of drug-likeness (QED) is 0.434. The van der Waals surface area contributed by atoms with Crippen LogP contribution in [0.15, 0.2) is 60.2 Å². The molecule has 1 aromatic carbocycles. The summed E-state index contributed by atoms with van der Waals surface area (Å²) in [6.45, 7) is 12.7. The average Bonchev–Trinajstić information content (AvgIpc) is 3.40. The third-order valence-corrected chi connectivity index (χ3v) is 7.72. The molecule has 0 N–H and O–H groups in total. The molecular weight excluding hydrogens is 426 g/mol. The third kappa shape index (κ3) is 5.90. The minimum absolute atomic E-state index is 0.0224. The minimum atomic E-state index is -0.0224. The van der Waals surface area contributed by atoms with E-state index in [1.165, 1.54) is 21.6 Å². The normalized spacial score (nSPS) is 18.7. The molecule has 1 saturated heterocycles. The van der Waals surface area contributed by atoms with E-state index in [4.69, 9.17) is 0 Å². The number of hydrogen-bond donors (Lipinski definition) is 0. The number of pyridine rings is 1. The van der Waals surface area contributed by atoms with Crippen molar-refractivity contribution in [2.75, 3.05) is 19.6 Å². The summed E-state index contributed by atoms with van der Waals surface area (Å²) < 4.78 is 0. The van der Waals surface area contributed by atoms with E-state index in [2.05, 4.69) is 70.4 Å². The Morgan fingerprint density at radius 2 is 1.94 bits per heavy atom. The van der Waals surface area contributed by atoms with Gasteiger partial charge in [-0.25, -0.2) is 0 Å². The number of amides is 1. The van der Waals surface area contributed by atoms with Gasteiger partial charge in [0, 0.05) is 61.8 Å². The van der Waals surface area contributed by atoms with Crippen molar-refractivity contribution in [3.8, 4) is 0 Å². The maximum absolute atomic E-state index is 13.2. The summed E-state index contributed by atoms with van der Waals surface area (Å²) in [6, 6.07) is 15.2. The average molecular weight is 462 g/mol. The van der Waals surface area contributed by atoms with Crippen molar-refractivity contribution in [2.45, 2.75) is 46.7 Å². The highest BCUT2D eigenvalue weighted by molar-refractivity contribution is 7.10. The Morgan fingerprint density at radius 1 is 1.15 bits per heavy atom. The Balaban J connectivity index is 1.57. The van der Waals surface area contributed by atoms with Crippen molar-refractivity contribution in [3.05, 3.63) is 87.4 Å². The molecule has 2 atom stereocenters. The Hall–Kier alpha value is -2.50. The molecule has 1 amide bonds. The number of carbonyl (C=O) groups is 1. The molecule has 1 fully saturated rings. The summed E-state index contributed by atoms with van der Waals surface area (Å²) >= 11 is 1.85. The van der Waals surface area contributed by atoms with Crippen LogP contribution in [0.5, 0.6) is 0 Å². The highest BCUT2D eigenvalue weighted by atomic mass is 32.1. The van der Waals surface area contributed by atoms with E-state index in [9.17, 15) is 4.79 Å². The molecule has 0 bridgehead atoms. The van der Waals surface area contributed by atoms with Crippen LogP contribution in [0.1, 0.15) is 46.9 Å². The zero-order valence-electron chi connectivity index (χ0n) is 20.2. The van der Waals surface area contributed by atoms with Crippen LogP contribution in [0, 0.1) is 25.7 Å². The van der Waals surface area contributed by atoms with Gasteiger partial charge >= 0.3 is 0 Å². The summed E-state index contributed by atoms with van der Waals surface area (Å²) in [5.74, 6) is 1.01. The first-order valence-corrected chi connectivity index (χ1v) is 12.8. The van der Waals surface area contributed by atoms with Crippen molar-refractivity contribution in [2.24, 2.45) is 11.8 Å². The molecule has 0 aliphatic carbocycles. The molecule has 1 aliphatic rings. The molecule has 2 aromatic heterocycles. The molecule has 0 spiro atoms. The number of benzene rings is 1. The molecule has 1 aliphatic heterocycles. The second-order valence-corrected chi connectivity index (χ2v) is 10.7. The van der Waals surface area contributed by atoms with Gasteiger partial charge in [0.05, 0.1) is 0 Å². The lowest BCUT2D eigenvalue weighted by molar-refractivity contribution is -0.135. The lowest BCUT2D eigenvalue weighted by Gasteiger charge is -2.30. The van der Waals surface area contributed by atoms with Crippen LogP contribution in [0.3, 0.4) is 0 Å². The maximum Gasteiger partial charge on any atom is 0.225 e. The van der Waals surface area contributed by atoms with Gasteiger partial charge in [-0.2, -0.15) is 0 Å². The van der Waals surface area contributed by atoms with Gasteiger partial charge in [-0.1, -0.05) is 49.7 Å². The molecule has 4 nitrogen and oxygen atoms in total. The van der Waals surface area contributed by atoms with E-state index < -0.39 is 0 Å². The van der Waals surface area contributed by atoms with Gasteiger partial charge in [0.1, 0.15) is 0 Å². The molecule has 0 radical (unpaired) electrons. The fraction of sp³-hybridized carbons (Fsp3) is 0.429. The second kappa shape index (κ2) is 10.6. The zero-order valence-corrected chi connectivity index (χ0v) is 21.0. The maximum atomic E-state index is 13.2. The number of aromatic nitrogens is 1. The fourth-order valence-electron chi connectivity index (χ4n) is 4.83. The Labute approximate surface area is 202 Å². The van der Waals surface area contributed by atoms with Gasteiger partial charge in [-0.05, 0) is 54.0 Å². The Morgan fingerprint density at radius 3 is 2.58 bits per heavy atom. The van der Waals surface area contributed by atoms with Gasteiger partial charge in [-0.3, -0.25) is 14.7 Å². The molecule has 0 saturated carbocycles. The van der Waals surface area contributed by atoms with E-state index >= 15 is 0 Å². The zero-order chi connectivity index (χ0) is 23.4. The fourth-order valence-corrected chi connectivity index (χ4v) is 5.78. The predicted molar refractivity (Wildman–Crippen MR) is 136 cm³/mol. The van der Waals surface area contributed by atoms with Gasteiger partial charge in [0.2, 0.25) is 5.91 Å². The molecule has 33 heavy (non-hydrogen) atoms. The number of likely N-dealkylation sites (tertiary alicyclic amines) is 1. The number of aryl methyl sites for hydroxylation is 2. The van der Waals surface area contributed by atoms with Crippen LogP contribution in [0.4, 0.5) is 0 Å². The second-order valence-electron chi connectivity index (χ2n) is 9.73. The first-order chi connectivity index (χ1) is 15.9. The summed E-state index contributed by atoms with van der Waals surface area (Å²) in [6.07, 6.45) is 3.66. The van der Waals surface area contributed by atoms with E-state index in [0.717, 1.165) is 31.7 Å². The number of rotatable bonds is 8. The lowest BCUT2D eigenvalue weighted by Crippen LogP contribution is -2.39. The largest absolute Gasteiger partial charge is 0.338 e. The summed E-state index contributed by atoms with van der Waals surface area (Å²) in [5, 5.41) is 2.19. The molecule has 3 aromatic rings. The van der Waals surface area contributed by atoms with Crippen LogP contribution in [0.2, 0.25) is 0 Å². The van der Waals surface area contributed by atoms with Gasteiger partial charge in [0.15, 0.2) is 0 Å². The Kier molecular flexibility index (Phi) is 7.61. The number of thiophene rings is 1. The van der Waals surface area contributed by atoms with Crippen molar-refractivity contribution in [3.63, 3.8) is 0 Å². The molecule has 3 heterocycles. The van der Waals surface area contributed by atoms with Gasteiger partial charge in [-0.15, -0.1) is 11.3 Å². The first-order valence-electron chi connectivity index (χ1n) is 11.9. The van der Waals surface area contributed by atoms with Crippen molar-refractivity contribution in [1.82, 2.24) is 14.8 Å². The van der Waals surface area contributed by atoms with E-state index in [0.29, 0.717) is 18.4 Å². The van der Waals surface area contributed by atoms with Crippen molar-refractivity contribution < 1.29 is 4.79 Å². The predicted octanol–water partition coefficient (Wildman–Crippen LogP) is 5.66. The monoisotopic (exact) mass is 461 g/mol. The van der Waals surface area contributed by atoms with Crippen LogP contribution in [-0.4, -0.2) is 40.3 Å². The van der Waals surface area contributed by atoms with E-state index in [1.807, 2.05) is 37.4 Å². The van der Waals surface area contributed by atoms with Crippen molar-refractivity contribution >= 4 is 17.2 Å². The highest BCUT2D eigenvalue weighted by Crippen LogP contribution is 2.35. The van der Waals surface area contributed by atoms with E-state index in [-0.39, 0.29) is 11.8 Å². The summed E-state index contributed by atoms with van der Waals surface area (Å²) in [5.41, 5.74) is 5.13. The first kappa shape index (κ1) is 23.7. The molecule has 0 unspecified atom stereocenters. The SMILES string of the molecule is Cc1ccc([C@H]2CN(Cc3sccc3C)C[C@@H]2CN(Cc2cccnc2)C(=O)C(C)C)cc1. The van der Waals surface area contributed by atoms with Crippen molar-refractivity contribution in [1.29, 1.82) is 0 Å². The molecule has 5 heteroatoms.